The molecule has 0 saturated heterocycles. The van der Waals surface area contributed by atoms with E-state index < -0.39 is 6.03 Å². The van der Waals surface area contributed by atoms with Crippen LogP contribution in [-0.2, 0) is 0 Å². The Bertz CT molecular complexity index is 517. The van der Waals surface area contributed by atoms with E-state index in [2.05, 4.69) is 21.3 Å². The van der Waals surface area contributed by atoms with Gasteiger partial charge in [0.15, 0.2) is 0 Å². The van der Waals surface area contributed by atoms with Crippen molar-refractivity contribution < 1.29 is 14.7 Å². The monoisotopic (exact) mass is 294 g/mol. The van der Waals surface area contributed by atoms with Gasteiger partial charge in [-0.2, -0.15) is 0 Å². The van der Waals surface area contributed by atoms with Gasteiger partial charge in [-0.1, -0.05) is 13.3 Å². The molecule has 0 aliphatic heterocycles. The molecule has 0 aromatic heterocycles. The van der Waals surface area contributed by atoms with Crippen LogP contribution in [0.3, 0.4) is 0 Å². The Morgan fingerprint density at radius 3 is 2.52 bits per heavy atom. The first-order chi connectivity index (χ1) is 9.97. The number of rotatable bonds is 5. The number of carbonyl (C=O) groups excluding carboxylic acids is 2. The molecular formula is C14H22N4O3. The van der Waals surface area contributed by atoms with Crippen LogP contribution in [0.2, 0.25) is 0 Å². The highest BCUT2D eigenvalue weighted by atomic mass is 16.3. The van der Waals surface area contributed by atoms with E-state index in [-0.39, 0.29) is 17.5 Å². The van der Waals surface area contributed by atoms with Crippen molar-refractivity contribution in [3.05, 3.63) is 17.7 Å². The lowest BCUT2D eigenvalue weighted by Crippen LogP contribution is -2.29. The normalized spacial score (nSPS) is 9.86. The van der Waals surface area contributed by atoms with Gasteiger partial charge in [0.1, 0.15) is 5.75 Å². The lowest BCUT2D eigenvalue weighted by molar-refractivity contribution is 0.251. The van der Waals surface area contributed by atoms with Gasteiger partial charge in [0.05, 0.1) is 5.69 Å². The van der Waals surface area contributed by atoms with Crippen molar-refractivity contribution in [2.45, 2.75) is 26.7 Å². The van der Waals surface area contributed by atoms with Crippen LogP contribution in [-0.4, -0.2) is 30.8 Å². The lowest BCUT2D eigenvalue weighted by atomic mass is 10.1. The zero-order valence-electron chi connectivity index (χ0n) is 12.5. The number of aromatic hydroxyl groups is 1. The number of benzene rings is 1. The maximum atomic E-state index is 11.7. The number of nitrogens with one attached hydrogen (secondary N) is 4. The Morgan fingerprint density at radius 2 is 1.90 bits per heavy atom. The maximum absolute atomic E-state index is 11.7. The Hall–Kier alpha value is -2.44. The molecule has 0 saturated carbocycles. The van der Waals surface area contributed by atoms with Gasteiger partial charge in [-0.3, -0.25) is 0 Å². The summed E-state index contributed by atoms with van der Waals surface area (Å²) in [6, 6.07) is 2.36. The molecule has 0 aliphatic carbocycles. The first kappa shape index (κ1) is 16.6. The van der Waals surface area contributed by atoms with Crippen LogP contribution >= 0.6 is 0 Å². The van der Waals surface area contributed by atoms with E-state index in [0.717, 1.165) is 12.8 Å². The molecule has 1 aromatic rings. The van der Waals surface area contributed by atoms with E-state index in [4.69, 9.17) is 0 Å². The van der Waals surface area contributed by atoms with E-state index in [9.17, 15) is 14.7 Å². The van der Waals surface area contributed by atoms with E-state index in [1.54, 1.807) is 13.0 Å². The molecule has 4 amide bonds. The van der Waals surface area contributed by atoms with Crippen molar-refractivity contribution in [1.82, 2.24) is 10.6 Å². The van der Waals surface area contributed by atoms with Crippen molar-refractivity contribution in [1.29, 1.82) is 0 Å². The number of anilines is 2. The fraction of sp³-hybridized carbons (Fsp3) is 0.429. The van der Waals surface area contributed by atoms with Crippen molar-refractivity contribution in [2.75, 3.05) is 24.2 Å². The topological polar surface area (TPSA) is 102 Å². The first-order valence-corrected chi connectivity index (χ1v) is 6.85. The summed E-state index contributed by atoms with van der Waals surface area (Å²) in [5, 5.41) is 20.2. The minimum Gasteiger partial charge on any atom is -0.505 e. The predicted molar refractivity (Wildman–Crippen MR) is 82.9 cm³/mol. The van der Waals surface area contributed by atoms with Gasteiger partial charge in [-0.15, -0.1) is 0 Å². The Labute approximate surface area is 124 Å². The Morgan fingerprint density at radius 1 is 1.19 bits per heavy atom. The van der Waals surface area contributed by atoms with Crippen molar-refractivity contribution in [2.24, 2.45) is 0 Å². The lowest BCUT2D eigenvalue weighted by Gasteiger charge is -2.13. The molecule has 5 N–H and O–H groups in total. The van der Waals surface area contributed by atoms with Gasteiger partial charge < -0.3 is 26.4 Å². The first-order valence-electron chi connectivity index (χ1n) is 6.85. The van der Waals surface area contributed by atoms with Crippen LogP contribution in [0.15, 0.2) is 12.1 Å². The third kappa shape index (κ3) is 5.21. The summed E-state index contributed by atoms with van der Waals surface area (Å²) in [6.45, 7) is 4.33. The number of phenolic OH excluding ortho intramolecular Hbond substituents is 1. The molecule has 7 nitrogen and oxygen atoms in total. The molecule has 0 unspecified atom stereocenters. The second-order valence-electron chi connectivity index (χ2n) is 4.63. The van der Waals surface area contributed by atoms with Crippen LogP contribution in [0.4, 0.5) is 21.0 Å². The molecular weight excluding hydrogens is 272 g/mol. The summed E-state index contributed by atoms with van der Waals surface area (Å²) in [4.78, 5) is 23.0. The summed E-state index contributed by atoms with van der Waals surface area (Å²) < 4.78 is 0. The average Bonchev–Trinajstić information content (AvgIpc) is 2.44. The largest absolute Gasteiger partial charge is 0.505 e. The number of hydrogen-bond acceptors (Lipinski definition) is 3. The van der Waals surface area contributed by atoms with Crippen LogP contribution in [0.1, 0.15) is 25.3 Å². The van der Waals surface area contributed by atoms with E-state index in [0.29, 0.717) is 17.8 Å². The highest BCUT2D eigenvalue weighted by Gasteiger charge is 2.11. The van der Waals surface area contributed by atoms with Gasteiger partial charge in [-0.05, 0) is 31.0 Å². The second kappa shape index (κ2) is 7.98. The summed E-state index contributed by atoms with van der Waals surface area (Å²) in [6.07, 6.45) is 1.91. The zero-order valence-corrected chi connectivity index (χ0v) is 12.5. The highest BCUT2D eigenvalue weighted by Crippen LogP contribution is 2.31. The van der Waals surface area contributed by atoms with Crippen molar-refractivity contribution >= 4 is 23.4 Å². The quantitative estimate of drug-likeness (QED) is 0.327. The van der Waals surface area contributed by atoms with Crippen LogP contribution in [0.25, 0.3) is 0 Å². The number of phenols is 1. The number of urea groups is 2. The van der Waals surface area contributed by atoms with Gasteiger partial charge in [0.25, 0.3) is 0 Å². The molecule has 0 radical (unpaired) electrons. The van der Waals surface area contributed by atoms with Crippen LogP contribution in [0, 0.1) is 6.92 Å². The fourth-order valence-electron chi connectivity index (χ4n) is 1.69. The highest BCUT2D eigenvalue weighted by molar-refractivity contribution is 5.94. The van der Waals surface area contributed by atoms with Gasteiger partial charge in [-0.25, -0.2) is 9.59 Å². The van der Waals surface area contributed by atoms with Gasteiger partial charge in [0.2, 0.25) is 0 Å². The Kier molecular flexibility index (Phi) is 6.32. The SMILES string of the molecule is CCCCNC(=O)Nc1cc(C)c(O)c(NC(=O)NC)c1. The third-order valence-electron chi connectivity index (χ3n) is 2.85. The van der Waals surface area contributed by atoms with E-state index in [1.165, 1.54) is 13.1 Å². The van der Waals surface area contributed by atoms with Crippen LogP contribution in [0.5, 0.6) is 5.75 Å². The van der Waals surface area contributed by atoms with E-state index >= 15 is 0 Å². The van der Waals surface area contributed by atoms with Crippen molar-refractivity contribution in [3.63, 3.8) is 0 Å². The Balaban J connectivity index is 2.79. The molecule has 0 aliphatic rings. The predicted octanol–water partition coefficient (Wildman–Crippen LogP) is 2.37. The fourth-order valence-corrected chi connectivity index (χ4v) is 1.69. The summed E-state index contributed by atoms with van der Waals surface area (Å²) in [5.41, 5.74) is 1.27. The number of amides is 4. The third-order valence-corrected chi connectivity index (χ3v) is 2.85. The average molecular weight is 294 g/mol. The number of unbranched alkanes of at least 4 members (excludes halogenated alkanes) is 1. The minimum atomic E-state index is -0.450. The molecule has 0 heterocycles. The smallest absolute Gasteiger partial charge is 0.319 e. The standard InChI is InChI=1S/C14H22N4O3/c1-4-5-6-16-14(21)17-10-7-9(2)12(19)11(8-10)18-13(20)15-3/h7-8,19H,4-6H2,1-3H3,(H2,15,18,20)(H2,16,17,21). The molecule has 0 atom stereocenters. The zero-order chi connectivity index (χ0) is 15.8. The maximum Gasteiger partial charge on any atom is 0.319 e. The summed E-state index contributed by atoms with van der Waals surface area (Å²) in [5.74, 6) is -0.0319. The number of hydrogen-bond donors (Lipinski definition) is 5. The van der Waals surface area contributed by atoms with Gasteiger partial charge in [0, 0.05) is 19.3 Å². The number of carbonyl (C=O) groups is 2. The molecule has 21 heavy (non-hydrogen) atoms. The number of aryl methyl sites for hydroxylation is 1. The second-order valence-corrected chi connectivity index (χ2v) is 4.63. The summed E-state index contributed by atoms with van der Waals surface area (Å²) in [7, 11) is 1.47. The molecule has 116 valence electrons. The van der Waals surface area contributed by atoms with E-state index in [1.807, 2.05) is 6.92 Å². The molecule has 0 bridgehead atoms. The molecule has 7 heteroatoms. The molecule has 1 rings (SSSR count). The van der Waals surface area contributed by atoms with Crippen LogP contribution < -0.4 is 21.3 Å². The summed E-state index contributed by atoms with van der Waals surface area (Å²) >= 11 is 0. The molecule has 1 aromatic carbocycles. The molecule has 0 fully saturated rings. The minimum absolute atomic E-state index is 0.0319. The molecule has 0 spiro atoms. The van der Waals surface area contributed by atoms with Gasteiger partial charge >= 0.3 is 12.1 Å². The van der Waals surface area contributed by atoms with Crippen molar-refractivity contribution in [3.8, 4) is 5.75 Å².